The molecule has 1 aliphatic heterocycles. The Morgan fingerprint density at radius 2 is 1.96 bits per heavy atom. The van der Waals surface area contributed by atoms with Crippen LogP contribution in [0.1, 0.15) is 48.7 Å². The van der Waals surface area contributed by atoms with Gasteiger partial charge < -0.3 is 5.32 Å². The number of fused-ring (bicyclic) bond motifs is 1. The number of benzene rings is 2. The number of carbonyl (C=O) groups is 1. The van der Waals surface area contributed by atoms with Gasteiger partial charge in [-0.05, 0) is 43.0 Å². The van der Waals surface area contributed by atoms with Gasteiger partial charge in [-0.1, -0.05) is 55.8 Å². The first-order valence-electron chi connectivity index (χ1n) is 10.1. The Kier molecular flexibility index (Phi) is 6.03. The monoisotopic (exact) mass is 393 g/mol. The van der Waals surface area contributed by atoms with E-state index in [0.29, 0.717) is 19.0 Å². The molecule has 1 amide bonds. The van der Waals surface area contributed by atoms with E-state index in [0.717, 1.165) is 29.9 Å². The molecule has 0 aliphatic carbocycles. The molecule has 1 N–H and O–H groups in total. The van der Waals surface area contributed by atoms with E-state index in [9.17, 15) is 4.79 Å². The summed E-state index contributed by atoms with van der Waals surface area (Å²) < 4.78 is 1.23. The van der Waals surface area contributed by atoms with Crippen LogP contribution in [0.3, 0.4) is 0 Å². The molecule has 1 fully saturated rings. The molecule has 146 valence electrons. The van der Waals surface area contributed by atoms with Gasteiger partial charge in [0.25, 0.3) is 0 Å². The third-order valence-electron chi connectivity index (χ3n) is 5.53. The molecule has 2 atom stereocenters. The summed E-state index contributed by atoms with van der Waals surface area (Å²) in [5.74, 6) is 0.419. The maximum atomic E-state index is 12.6. The van der Waals surface area contributed by atoms with E-state index in [4.69, 9.17) is 4.98 Å². The summed E-state index contributed by atoms with van der Waals surface area (Å²) >= 11 is 1.77. The quantitative estimate of drug-likeness (QED) is 0.658. The standard InChI is InChI=1S/C23H27N3OS/c1-17(18-9-3-2-4-10-18)15-24-22(27)16-26-14-8-7-12-20(26)23-25-19-11-5-6-13-21(19)28-23/h2-6,9-11,13,17,20H,7-8,12,14-16H2,1H3,(H,24,27)/t17-,20+/m0/s1. The normalized spacial score (nSPS) is 18.8. The van der Waals surface area contributed by atoms with Crippen molar-refractivity contribution in [1.29, 1.82) is 0 Å². The lowest BCUT2D eigenvalue weighted by Gasteiger charge is -2.33. The number of para-hydroxylation sites is 1. The highest BCUT2D eigenvalue weighted by atomic mass is 32.1. The molecule has 1 aromatic heterocycles. The summed E-state index contributed by atoms with van der Waals surface area (Å²) in [5, 5.41) is 4.27. The Hall–Kier alpha value is -2.24. The molecule has 1 saturated heterocycles. The molecule has 2 heterocycles. The minimum absolute atomic E-state index is 0.107. The van der Waals surface area contributed by atoms with Crippen molar-refractivity contribution in [2.75, 3.05) is 19.6 Å². The number of hydrogen-bond donors (Lipinski definition) is 1. The molecule has 3 aromatic rings. The van der Waals surface area contributed by atoms with Gasteiger partial charge in [-0.3, -0.25) is 9.69 Å². The second kappa shape index (κ2) is 8.84. The van der Waals surface area contributed by atoms with E-state index in [1.165, 1.54) is 16.7 Å². The highest BCUT2D eigenvalue weighted by Crippen LogP contribution is 2.35. The Balaban J connectivity index is 1.38. The van der Waals surface area contributed by atoms with Crippen LogP contribution >= 0.6 is 11.3 Å². The van der Waals surface area contributed by atoms with Crippen LogP contribution in [0, 0.1) is 0 Å². The number of amides is 1. The fourth-order valence-electron chi connectivity index (χ4n) is 3.90. The number of thiazole rings is 1. The van der Waals surface area contributed by atoms with Crippen LogP contribution in [0.5, 0.6) is 0 Å². The number of nitrogens with zero attached hydrogens (tertiary/aromatic N) is 2. The van der Waals surface area contributed by atoms with E-state index in [1.807, 2.05) is 24.3 Å². The summed E-state index contributed by atoms with van der Waals surface area (Å²) in [6.07, 6.45) is 3.42. The molecule has 5 heteroatoms. The lowest BCUT2D eigenvalue weighted by atomic mass is 10.0. The highest BCUT2D eigenvalue weighted by molar-refractivity contribution is 7.18. The first-order valence-corrected chi connectivity index (χ1v) is 10.9. The molecule has 0 unspecified atom stereocenters. The molecule has 0 bridgehead atoms. The molecular weight excluding hydrogens is 366 g/mol. The van der Waals surface area contributed by atoms with Crippen molar-refractivity contribution in [2.24, 2.45) is 0 Å². The minimum atomic E-state index is 0.107. The number of piperidine rings is 1. The lowest BCUT2D eigenvalue weighted by molar-refractivity contribution is -0.123. The summed E-state index contributed by atoms with van der Waals surface area (Å²) in [5.41, 5.74) is 2.32. The number of hydrogen-bond acceptors (Lipinski definition) is 4. The Morgan fingerprint density at radius 1 is 1.18 bits per heavy atom. The van der Waals surface area contributed by atoms with Gasteiger partial charge >= 0.3 is 0 Å². The van der Waals surface area contributed by atoms with Crippen molar-refractivity contribution < 1.29 is 4.79 Å². The van der Waals surface area contributed by atoms with Crippen LogP contribution in [-0.2, 0) is 4.79 Å². The van der Waals surface area contributed by atoms with E-state index in [-0.39, 0.29) is 11.9 Å². The summed E-state index contributed by atoms with van der Waals surface area (Å²) in [6.45, 7) is 4.23. The van der Waals surface area contributed by atoms with Crippen LogP contribution in [0.25, 0.3) is 10.2 Å². The number of aromatic nitrogens is 1. The van der Waals surface area contributed by atoms with E-state index < -0.39 is 0 Å². The number of carbonyl (C=O) groups excluding carboxylic acids is 1. The predicted octanol–water partition coefficient (Wildman–Crippen LogP) is 4.74. The molecular formula is C23H27N3OS. The van der Waals surface area contributed by atoms with E-state index >= 15 is 0 Å². The Bertz CT molecular complexity index is 891. The molecule has 28 heavy (non-hydrogen) atoms. The van der Waals surface area contributed by atoms with Gasteiger partial charge in [-0.25, -0.2) is 4.98 Å². The van der Waals surface area contributed by atoms with Crippen molar-refractivity contribution >= 4 is 27.5 Å². The van der Waals surface area contributed by atoms with Crippen molar-refractivity contribution in [3.05, 3.63) is 65.2 Å². The Labute approximate surface area is 170 Å². The minimum Gasteiger partial charge on any atom is -0.354 e. The zero-order valence-electron chi connectivity index (χ0n) is 16.3. The topological polar surface area (TPSA) is 45.2 Å². The summed E-state index contributed by atoms with van der Waals surface area (Å²) in [4.78, 5) is 19.8. The highest BCUT2D eigenvalue weighted by Gasteiger charge is 2.28. The second-order valence-corrected chi connectivity index (χ2v) is 8.68. The molecule has 0 saturated carbocycles. The van der Waals surface area contributed by atoms with Crippen LogP contribution in [0.4, 0.5) is 0 Å². The van der Waals surface area contributed by atoms with E-state index in [2.05, 4.69) is 47.5 Å². The molecule has 0 radical (unpaired) electrons. The fraction of sp³-hybridized carbons (Fsp3) is 0.391. The van der Waals surface area contributed by atoms with Crippen LogP contribution in [0.15, 0.2) is 54.6 Å². The summed E-state index contributed by atoms with van der Waals surface area (Å²) in [6, 6.07) is 18.9. The fourth-order valence-corrected chi connectivity index (χ4v) is 5.04. The number of nitrogens with one attached hydrogen (secondary N) is 1. The van der Waals surface area contributed by atoms with Gasteiger partial charge in [0.1, 0.15) is 5.01 Å². The average Bonchev–Trinajstić information content (AvgIpc) is 3.17. The van der Waals surface area contributed by atoms with Crippen molar-refractivity contribution in [1.82, 2.24) is 15.2 Å². The zero-order valence-corrected chi connectivity index (χ0v) is 17.1. The van der Waals surface area contributed by atoms with Crippen molar-refractivity contribution in [3.8, 4) is 0 Å². The lowest BCUT2D eigenvalue weighted by Crippen LogP contribution is -2.42. The van der Waals surface area contributed by atoms with Crippen LogP contribution in [-0.4, -0.2) is 35.4 Å². The molecule has 1 aliphatic rings. The predicted molar refractivity (Wildman–Crippen MR) is 116 cm³/mol. The van der Waals surface area contributed by atoms with Crippen molar-refractivity contribution in [3.63, 3.8) is 0 Å². The maximum absolute atomic E-state index is 12.6. The average molecular weight is 394 g/mol. The van der Waals surface area contributed by atoms with E-state index in [1.54, 1.807) is 11.3 Å². The van der Waals surface area contributed by atoms with Gasteiger partial charge in [0.05, 0.1) is 22.8 Å². The smallest absolute Gasteiger partial charge is 0.234 e. The third kappa shape index (κ3) is 4.42. The summed E-state index contributed by atoms with van der Waals surface area (Å²) in [7, 11) is 0. The Morgan fingerprint density at radius 3 is 2.79 bits per heavy atom. The largest absolute Gasteiger partial charge is 0.354 e. The maximum Gasteiger partial charge on any atom is 0.234 e. The molecule has 4 rings (SSSR count). The van der Waals surface area contributed by atoms with Gasteiger partial charge in [0.2, 0.25) is 5.91 Å². The first kappa shape index (κ1) is 19.1. The first-order chi connectivity index (χ1) is 13.7. The SMILES string of the molecule is C[C@@H](CNC(=O)CN1CCCC[C@@H]1c1nc2ccccc2s1)c1ccccc1. The van der Waals surface area contributed by atoms with Gasteiger partial charge in [0.15, 0.2) is 0 Å². The van der Waals surface area contributed by atoms with Gasteiger partial charge in [0, 0.05) is 6.54 Å². The molecule has 2 aromatic carbocycles. The zero-order chi connectivity index (χ0) is 19.3. The van der Waals surface area contributed by atoms with Crippen LogP contribution < -0.4 is 5.32 Å². The van der Waals surface area contributed by atoms with Gasteiger partial charge in [-0.2, -0.15) is 0 Å². The number of rotatable bonds is 6. The van der Waals surface area contributed by atoms with Crippen molar-refractivity contribution in [2.45, 2.75) is 38.1 Å². The third-order valence-corrected chi connectivity index (χ3v) is 6.67. The molecule has 4 nitrogen and oxygen atoms in total. The van der Waals surface area contributed by atoms with Crippen LogP contribution in [0.2, 0.25) is 0 Å². The second-order valence-electron chi connectivity index (χ2n) is 7.62. The molecule has 0 spiro atoms. The number of likely N-dealkylation sites (tertiary alicyclic amines) is 1. The van der Waals surface area contributed by atoms with Gasteiger partial charge in [-0.15, -0.1) is 11.3 Å².